The Kier molecular flexibility index (Phi) is 6.25. The molecule has 1 aromatic carbocycles. The lowest BCUT2D eigenvalue weighted by atomic mass is 10.1. The first-order chi connectivity index (χ1) is 11.8. The predicted molar refractivity (Wildman–Crippen MR) is 93.2 cm³/mol. The third-order valence-corrected chi connectivity index (χ3v) is 3.67. The van der Waals surface area contributed by atoms with Crippen LogP contribution in [0.25, 0.3) is 5.69 Å². The fourth-order valence-electron chi connectivity index (χ4n) is 2.51. The minimum absolute atomic E-state index is 0.0382. The van der Waals surface area contributed by atoms with Gasteiger partial charge in [-0.1, -0.05) is 39.8 Å². The van der Waals surface area contributed by atoms with Crippen molar-refractivity contribution in [1.29, 1.82) is 0 Å². The molecule has 1 atom stereocenters. The number of amides is 1. The number of carbonyl (C=O) groups is 1. The Balaban J connectivity index is 2.21. The lowest BCUT2D eigenvalue weighted by Crippen LogP contribution is -2.33. The van der Waals surface area contributed by atoms with Crippen molar-refractivity contribution >= 4 is 5.91 Å². The van der Waals surface area contributed by atoms with E-state index in [9.17, 15) is 14.3 Å². The van der Waals surface area contributed by atoms with Crippen LogP contribution in [0.4, 0.5) is 4.39 Å². The molecule has 0 fully saturated rings. The van der Waals surface area contributed by atoms with Gasteiger partial charge in [-0.05, 0) is 24.5 Å². The largest absolute Gasteiger partial charge is 0.391 e. The first-order valence-electron chi connectivity index (χ1n) is 8.47. The SMILES string of the molecule is CC(C)CC(O)CNC(=O)c1nc(C(C)C)n(-c2ccccc2F)n1. The normalized spacial score (nSPS) is 12.6. The fourth-order valence-corrected chi connectivity index (χ4v) is 2.51. The van der Waals surface area contributed by atoms with E-state index in [4.69, 9.17) is 0 Å². The molecule has 0 bridgehead atoms. The van der Waals surface area contributed by atoms with E-state index < -0.39 is 17.8 Å². The highest BCUT2D eigenvalue weighted by molar-refractivity contribution is 5.90. The molecule has 2 aromatic rings. The average molecular weight is 348 g/mol. The van der Waals surface area contributed by atoms with Crippen molar-refractivity contribution in [3.05, 3.63) is 41.7 Å². The second kappa shape index (κ2) is 8.20. The van der Waals surface area contributed by atoms with Crippen LogP contribution in [0.2, 0.25) is 0 Å². The summed E-state index contributed by atoms with van der Waals surface area (Å²) in [6.45, 7) is 7.92. The number of aliphatic hydroxyl groups is 1. The molecule has 0 aliphatic carbocycles. The van der Waals surface area contributed by atoms with Crippen molar-refractivity contribution in [1.82, 2.24) is 20.1 Å². The zero-order valence-electron chi connectivity index (χ0n) is 15.0. The van der Waals surface area contributed by atoms with Crippen molar-refractivity contribution in [3.8, 4) is 5.69 Å². The number of benzene rings is 1. The monoisotopic (exact) mass is 348 g/mol. The van der Waals surface area contributed by atoms with E-state index >= 15 is 0 Å². The highest BCUT2D eigenvalue weighted by Crippen LogP contribution is 2.19. The van der Waals surface area contributed by atoms with Crippen LogP contribution in [-0.4, -0.2) is 38.4 Å². The van der Waals surface area contributed by atoms with Gasteiger partial charge in [0.25, 0.3) is 5.91 Å². The first-order valence-corrected chi connectivity index (χ1v) is 8.47. The summed E-state index contributed by atoms with van der Waals surface area (Å²) >= 11 is 0. The molecule has 0 saturated heterocycles. The van der Waals surface area contributed by atoms with Crippen molar-refractivity contribution < 1.29 is 14.3 Å². The first kappa shape index (κ1) is 19.1. The van der Waals surface area contributed by atoms with E-state index in [0.29, 0.717) is 18.2 Å². The van der Waals surface area contributed by atoms with Gasteiger partial charge < -0.3 is 10.4 Å². The van der Waals surface area contributed by atoms with Gasteiger partial charge in [-0.2, -0.15) is 0 Å². The maximum Gasteiger partial charge on any atom is 0.291 e. The molecule has 1 heterocycles. The molecule has 136 valence electrons. The Morgan fingerprint density at radius 2 is 1.96 bits per heavy atom. The van der Waals surface area contributed by atoms with Crippen LogP contribution in [0, 0.1) is 11.7 Å². The topological polar surface area (TPSA) is 80.0 Å². The number of nitrogens with one attached hydrogen (secondary N) is 1. The number of aromatic nitrogens is 3. The molecule has 1 unspecified atom stereocenters. The number of hydrogen-bond acceptors (Lipinski definition) is 4. The molecule has 0 aliphatic rings. The van der Waals surface area contributed by atoms with Crippen LogP contribution in [-0.2, 0) is 0 Å². The van der Waals surface area contributed by atoms with E-state index in [1.807, 2.05) is 27.7 Å². The maximum atomic E-state index is 14.1. The standard InChI is InChI=1S/C18H25FN4O2/c1-11(2)9-13(24)10-20-18(25)16-21-17(12(3)4)23(22-16)15-8-6-5-7-14(15)19/h5-8,11-13,24H,9-10H2,1-4H3,(H,20,25). The molecule has 0 radical (unpaired) electrons. The van der Waals surface area contributed by atoms with Crippen LogP contribution in [0.15, 0.2) is 24.3 Å². The predicted octanol–water partition coefficient (Wildman–Crippen LogP) is 2.67. The van der Waals surface area contributed by atoms with Gasteiger partial charge in [0, 0.05) is 12.5 Å². The molecule has 1 aromatic heterocycles. The summed E-state index contributed by atoms with van der Waals surface area (Å²) in [5, 5.41) is 16.7. The van der Waals surface area contributed by atoms with Crippen LogP contribution < -0.4 is 5.32 Å². The lowest BCUT2D eigenvalue weighted by molar-refractivity contribution is 0.0890. The summed E-state index contributed by atoms with van der Waals surface area (Å²) in [6, 6.07) is 6.22. The van der Waals surface area contributed by atoms with E-state index in [2.05, 4.69) is 15.4 Å². The summed E-state index contributed by atoms with van der Waals surface area (Å²) in [5.74, 6) is -0.173. The molecule has 1 amide bonds. The van der Waals surface area contributed by atoms with Gasteiger partial charge >= 0.3 is 0 Å². The third-order valence-electron chi connectivity index (χ3n) is 3.67. The Hall–Kier alpha value is -2.28. The zero-order valence-corrected chi connectivity index (χ0v) is 15.0. The second-order valence-corrected chi connectivity index (χ2v) is 6.80. The number of nitrogens with zero attached hydrogens (tertiary/aromatic N) is 3. The van der Waals surface area contributed by atoms with Gasteiger partial charge in [-0.25, -0.2) is 14.1 Å². The molecule has 7 heteroatoms. The van der Waals surface area contributed by atoms with Gasteiger partial charge in [0.1, 0.15) is 17.3 Å². The molecule has 25 heavy (non-hydrogen) atoms. The van der Waals surface area contributed by atoms with Gasteiger partial charge in [-0.15, -0.1) is 5.10 Å². The van der Waals surface area contributed by atoms with Crippen molar-refractivity contribution in [2.45, 2.75) is 46.1 Å². The lowest BCUT2D eigenvalue weighted by Gasteiger charge is -2.12. The quantitative estimate of drug-likeness (QED) is 0.806. The fraction of sp³-hybridized carbons (Fsp3) is 0.500. The molecule has 0 aliphatic heterocycles. The van der Waals surface area contributed by atoms with E-state index in [-0.39, 0.29) is 24.0 Å². The number of halogens is 1. The van der Waals surface area contributed by atoms with E-state index in [1.54, 1.807) is 18.2 Å². The number of carbonyl (C=O) groups excluding carboxylic acids is 1. The van der Waals surface area contributed by atoms with Gasteiger partial charge in [0.05, 0.1) is 6.10 Å². The Morgan fingerprint density at radius 3 is 2.56 bits per heavy atom. The van der Waals surface area contributed by atoms with Gasteiger partial charge in [0.15, 0.2) is 0 Å². The Bertz CT molecular complexity index is 728. The maximum absolute atomic E-state index is 14.1. The van der Waals surface area contributed by atoms with Gasteiger partial charge in [0.2, 0.25) is 5.82 Å². The Morgan fingerprint density at radius 1 is 1.28 bits per heavy atom. The molecule has 6 nitrogen and oxygen atoms in total. The van der Waals surface area contributed by atoms with Crippen molar-refractivity contribution in [2.75, 3.05) is 6.54 Å². The van der Waals surface area contributed by atoms with E-state index in [1.165, 1.54) is 10.7 Å². The molecule has 0 saturated carbocycles. The van der Waals surface area contributed by atoms with Crippen molar-refractivity contribution in [2.24, 2.45) is 5.92 Å². The van der Waals surface area contributed by atoms with Crippen LogP contribution in [0.3, 0.4) is 0 Å². The summed E-state index contributed by atoms with van der Waals surface area (Å²) in [7, 11) is 0. The second-order valence-electron chi connectivity index (χ2n) is 6.80. The number of rotatable bonds is 7. The number of aliphatic hydroxyl groups excluding tert-OH is 1. The summed E-state index contributed by atoms with van der Waals surface area (Å²) < 4.78 is 15.4. The minimum atomic E-state index is -0.623. The third kappa shape index (κ3) is 4.85. The van der Waals surface area contributed by atoms with E-state index in [0.717, 1.165) is 0 Å². The van der Waals surface area contributed by atoms with Crippen LogP contribution in [0.5, 0.6) is 0 Å². The number of hydrogen-bond donors (Lipinski definition) is 2. The van der Waals surface area contributed by atoms with Crippen LogP contribution in [0.1, 0.15) is 56.5 Å². The zero-order chi connectivity index (χ0) is 18.6. The smallest absolute Gasteiger partial charge is 0.291 e. The molecule has 2 N–H and O–H groups in total. The summed E-state index contributed by atoms with van der Waals surface area (Å²) in [6.07, 6.45) is -0.0311. The van der Waals surface area contributed by atoms with Crippen molar-refractivity contribution in [3.63, 3.8) is 0 Å². The number of para-hydroxylation sites is 1. The van der Waals surface area contributed by atoms with Crippen LogP contribution >= 0.6 is 0 Å². The summed E-state index contributed by atoms with van der Waals surface area (Å²) in [4.78, 5) is 16.5. The average Bonchev–Trinajstić information content (AvgIpc) is 2.98. The summed E-state index contributed by atoms with van der Waals surface area (Å²) in [5.41, 5.74) is 0.248. The molecular weight excluding hydrogens is 323 g/mol. The Labute approximate surface area is 147 Å². The molecule has 0 spiro atoms. The molecular formula is C18H25FN4O2. The molecule has 2 rings (SSSR count). The minimum Gasteiger partial charge on any atom is -0.391 e. The highest BCUT2D eigenvalue weighted by Gasteiger charge is 2.21. The van der Waals surface area contributed by atoms with Gasteiger partial charge in [-0.3, -0.25) is 4.79 Å². The highest BCUT2D eigenvalue weighted by atomic mass is 19.1.